The lowest BCUT2D eigenvalue weighted by atomic mass is 10.1. The Kier molecular flexibility index (Phi) is 5.95. The molecule has 2 aromatic rings. The van der Waals surface area contributed by atoms with Gasteiger partial charge in [-0.05, 0) is 30.3 Å². The SMILES string of the molecule is COc1cc(C(=O)NC(=N)Nc2cccc(N3CC4=NC=C[N+]4C3)c2)cc(OC)c1OC. The molecule has 0 saturated carbocycles. The van der Waals surface area contributed by atoms with Gasteiger partial charge < -0.3 is 24.4 Å². The van der Waals surface area contributed by atoms with Crippen molar-refractivity contribution >= 4 is 29.1 Å². The minimum atomic E-state index is -0.483. The zero-order valence-electron chi connectivity index (χ0n) is 18.0. The fourth-order valence-corrected chi connectivity index (χ4v) is 3.55. The number of nitrogens with one attached hydrogen (secondary N) is 3. The lowest BCUT2D eigenvalue weighted by Gasteiger charge is -2.16. The van der Waals surface area contributed by atoms with Crippen LogP contribution in [0, 0.1) is 5.41 Å². The van der Waals surface area contributed by atoms with Crippen LogP contribution in [0.1, 0.15) is 10.4 Å². The van der Waals surface area contributed by atoms with Crippen molar-refractivity contribution in [1.29, 1.82) is 5.41 Å². The maximum Gasteiger partial charge on any atom is 0.278 e. The Morgan fingerprint density at radius 1 is 1.12 bits per heavy atom. The zero-order valence-corrected chi connectivity index (χ0v) is 18.0. The Labute approximate surface area is 185 Å². The highest BCUT2D eigenvalue weighted by molar-refractivity contribution is 6.09. The third kappa shape index (κ3) is 4.21. The summed E-state index contributed by atoms with van der Waals surface area (Å²) < 4.78 is 15.8. The van der Waals surface area contributed by atoms with Crippen LogP contribution in [0.4, 0.5) is 11.4 Å². The molecule has 2 aromatic carbocycles. The van der Waals surface area contributed by atoms with Gasteiger partial charge in [-0.2, -0.15) is 4.99 Å². The van der Waals surface area contributed by atoms with Gasteiger partial charge in [0.05, 0.1) is 27.5 Å². The molecule has 2 aliphatic rings. The van der Waals surface area contributed by atoms with Gasteiger partial charge in [-0.1, -0.05) is 11.0 Å². The van der Waals surface area contributed by atoms with Crippen molar-refractivity contribution in [3.63, 3.8) is 0 Å². The number of carbonyl (C=O) groups is 1. The summed E-state index contributed by atoms with van der Waals surface area (Å²) in [6, 6.07) is 10.7. The highest BCUT2D eigenvalue weighted by Gasteiger charge is 2.37. The predicted molar refractivity (Wildman–Crippen MR) is 122 cm³/mol. The van der Waals surface area contributed by atoms with E-state index in [0.29, 0.717) is 36.1 Å². The maximum absolute atomic E-state index is 12.7. The molecule has 32 heavy (non-hydrogen) atoms. The fourth-order valence-electron chi connectivity index (χ4n) is 3.55. The smallest absolute Gasteiger partial charge is 0.278 e. The summed E-state index contributed by atoms with van der Waals surface area (Å²) in [4.78, 5) is 21.3. The molecule has 3 N–H and O–H groups in total. The molecule has 165 valence electrons. The Hall–Kier alpha value is -4.05. The van der Waals surface area contributed by atoms with Gasteiger partial charge in [0.1, 0.15) is 6.54 Å². The minimum absolute atomic E-state index is 0.157. The van der Waals surface area contributed by atoms with E-state index < -0.39 is 5.91 Å². The van der Waals surface area contributed by atoms with Gasteiger partial charge in [-0.3, -0.25) is 15.5 Å². The average molecular weight is 436 g/mol. The van der Waals surface area contributed by atoms with Crippen molar-refractivity contribution in [3.8, 4) is 17.2 Å². The molecule has 0 bridgehead atoms. The topological polar surface area (TPSA) is 114 Å². The van der Waals surface area contributed by atoms with Crippen molar-refractivity contribution in [1.82, 2.24) is 10.2 Å². The zero-order chi connectivity index (χ0) is 22.7. The molecule has 1 amide bonds. The molecule has 1 fully saturated rings. The number of ether oxygens (including phenoxy) is 3. The van der Waals surface area contributed by atoms with Crippen LogP contribution in [0.2, 0.25) is 0 Å². The maximum atomic E-state index is 12.7. The molecule has 1 saturated heterocycles. The summed E-state index contributed by atoms with van der Waals surface area (Å²) >= 11 is 0. The summed E-state index contributed by atoms with van der Waals surface area (Å²) in [6.07, 6.45) is 3.74. The Bertz CT molecular complexity index is 1090. The minimum Gasteiger partial charge on any atom is -0.493 e. The number of nitrogens with zero attached hydrogens (tertiary/aromatic N) is 3. The largest absolute Gasteiger partial charge is 0.493 e. The van der Waals surface area contributed by atoms with Crippen LogP contribution in [-0.2, 0) is 0 Å². The number of anilines is 2. The predicted octanol–water partition coefficient (Wildman–Crippen LogP) is 2.29. The Balaban J connectivity index is 1.42. The molecule has 0 atom stereocenters. The van der Waals surface area contributed by atoms with Gasteiger partial charge in [-0.25, -0.2) is 0 Å². The van der Waals surface area contributed by atoms with Gasteiger partial charge in [0, 0.05) is 16.9 Å². The van der Waals surface area contributed by atoms with Gasteiger partial charge in [0.2, 0.25) is 12.4 Å². The summed E-state index contributed by atoms with van der Waals surface area (Å²) in [5, 5.41) is 13.6. The second-order valence-corrected chi connectivity index (χ2v) is 7.07. The van der Waals surface area contributed by atoms with Crippen molar-refractivity contribution in [2.75, 3.05) is 44.8 Å². The molecule has 0 aromatic heterocycles. The number of rotatable bonds is 6. The molecular weight excluding hydrogens is 412 g/mol. The van der Waals surface area contributed by atoms with Gasteiger partial charge >= 0.3 is 0 Å². The van der Waals surface area contributed by atoms with Gasteiger partial charge in [0.15, 0.2) is 23.7 Å². The number of aliphatic imine (C=N–C) groups is 1. The standard InChI is InChI=1S/C22H24N6O4/c1-30-17-9-14(10-18(31-2)20(17)32-3)21(29)26-22(23)25-15-5-4-6-16(11-15)28-12-19-24-7-8-27(19)13-28/h4-11H,12-13H2,1-3H3,(H3,23,25,26,29)/q+1. The molecule has 0 spiro atoms. The lowest BCUT2D eigenvalue weighted by Crippen LogP contribution is -2.35. The second-order valence-electron chi connectivity index (χ2n) is 7.07. The highest BCUT2D eigenvalue weighted by atomic mass is 16.5. The number of hydrogen-bond donors (Lipinski definition) is 3. The molecule has 2 aliphatic heterocycles. The van der Waals surface area contributed by atoms with Crippen molar-refractivity contribution in [2.24, 2.45) is 4.99 Å². The van der Waals surface area contributed by atoms with Gasteiger partial charge in [0.25, 0.3) is 11.7 Å². The molecule has 0 unspecified atom stereocenters. The van der Waals surface area contributed by atoms with Crippen LogP contribution < -0.4 is 34.6 Å². The van der Waals surface area contributed by atoms with Gasteiger partial charge in [-0.15, -0.1) is 0 Å². The molecule has 10 nitrogen and oxygen atoms in total. The number of hydrogen-bond acceptors (Lipinski definition) is 8. The number of fused-ring (bicyclic) bond motifs is 1. The summed E-state index contributed by atoms with van der Waals surface area (Å²) in [5.41, 5.74) is 1.94. The third-order valence-electron chi connectivity index (χ3n) is 5.10. The Morgan fingerprint density at radius 2 is 1.88 bits per heavy atom. The Morgan fingerprint density at radius 3 is 2.53 bits per heavy atom. The number of guanidine groups is 1. The summed E-state index contributed by atoms with van der Waals surface area (Å²) in [7, 11) is 4.44. The monoisotopic (exact) mass is 436 g/mol. The number of benzene rings is 2. The number of carbonyl (C=O) groups excluding carboxylic acids is 1. The van der Waals surface area contributed by atoms with E-state index in [1.807, 2.05) is 30.5 Å². The number of amides is 1. The van der Waals surface area contributed by atoms with Crippen molar-refractivity contribution in [3.05, 3.63) is 54.4 Å². The summed E-state index contributed by atoms with van der Waals surface area (Å²) in [5.74, 6) is 1.47. The lowest BCUT2D eigenvalue weighted by molar-refractivity contribution is 0.0976. The number of amidine groups is 1. The van der Waals surface area contributed by atoms with E-state index in [-0.39, 0.29) is 11.5 Å². The number of methoxy groups -OCH3 is 3. The average Bonchev–Trinajstić information content (AvgIpc) is 3.40. The van der Waals surface area contributed by atoms with Crippen LogP contribution in [0.15, 0.2) is 53.8 Å². The van der Waals surface area contributed by atoms with Crippen molar-refractivity contribution < 1.29 is 19.0 Å². The van der Waals surface area contributed by atoms with E-state index in [4.69, 9.17) is 19.6 Å². The molecule has 2 heterocycles. The quantitative estimate of drug-likeness (QED) is 0.364. The van der Waals surface area contributed by atoms with Crippen molar-refractivity contribution in [2.45, 2.75) is 0 Å². The molecule has 4 rings (SSSR count). The van der Waals surface area contributed by atoms with E-state index in [9.17, 15) is 4.79 Å². The van der Waals surface area contributed by atoms with E-state index in [1.54, 1.807) is 6.20 Å². The molecule has 1 radical (unpaired) electrons. The van der Waals surface area contributed by atoms with Crippen LogP contribution in [0.3, 0.4) is 0 Å². The highest BCUT2D eigenvalue weighted by Crippen LogP contribution is 2.38. The molecular formula is C22H24N6O4+. The first kappa shape index (κ1) is 21.2. The van der Waals surface area contributed by atoms with E-state index in [1.165, 1.54) is 33.5 Å². The first-order valence-corrected chi connectivity index (χ1v) is 9.84. The first-order valence-electron chi connectivity index (χ1n) is 9.84. The normalized spacial score (nSPS) is 14.6. The fraction of sp³-hybridized carbons (Fsp3) is 0.227. The second kappa shape index (κ2) is 8.98. The van der Waals surface area contributed by atoms with E-state index in [2.05, 4.69) is 25.4 Å². The third-order valence-corrected chi connectivity index (χ3v) is 5.10. The molecule has 0 aliphatic carbocycles. The van der Waals surface area contributed by atoms with Crippen LogP contribution in [-0.4, -0.2) is 52.2 Å². The van der Waals surface area contributed by atoms with E-state index >= 15 is 0 Å². The van der Waals surface area contributed by atoms with Crippen LogP contribution in [0.5, 0.6) is 17.2 Å². The summed E-state index contributed by atoms with van der Waals surface area (Å²) in [6.45, 7) is 1.43. The first-order chi connectivity index (χ1) is 15.5. The van der Waals surface area contributed by atoms with E-state index in [0.717, 1.165) is 11.5 Å². The van der Waals surface area contributed by atoms with Crippen LogP contribution in [0.25, 0.3) is 0 Å². The van der Waals surface area contributed by atoms with Crippen LogP contribution >= 0.6 is 0 Å². The molecule has 10 heteroatoms.